The van der Waals surface area contributed by atoms with Gasteiger partial charge in [-0.1, -0.05) is 35.0 Å². The maximum atomic E-state index is 12.8. The number of hydrogen-bond acceptors (Lipinski definition) is 4. The van der Waals surface area contributed by atoms with Crippen molar-refractivity contribution in [1.82, 2.24) is 15.4 Å². The first-order valence-corrected chi connectivity index (χ1v) is 9.02. The van der Waals surface area contributed by atoms with Crippen LogP contribution in [0.4, 0.5) is 0 Å². The fourth-order valence-electron chi connectivity index (χ4n) is 3.71. The van der Waals surface area contributed by atoms with E-state index in [9.17, 15) is 4.79 Å². The summed E-state index contributed by atoms with van der Waals surface area (Å²) in [6, 6.07) is 10.2. The molecule has 0 aliphatic carbocycles. The molecule has 1 N–H and O–H groups in total. The molecule has 0 bridgehead atoms. The molecule has 1 unspecified atom stereocenters. The second kappa shape index (κ2) is 7.40. The average Bonchev–Trinajstić information content (AvgIpc) is 3.04. The molecule has 2 heterocycles. The topological polar surface area (TPSA) is 58.4 Å². The van der Waals surface area contributed by atoms with Gasteiger partial charge in [0.1, 0.15) is 11.5 Å². The lowest BCUT2D eigenvalue weighted by atomic mass is 9.75. The van der Waals surface area contributed by atoms with Crippen molar-refractivity contribution in [3.63, 3.8) is 0 Å². The SMILES string of the molecule is CCNC(=O)C1(Cc2cc(-c3ccc(C)cc3)no2)CCCN(C)C1. The number of carbonyl (C=O) groups excluding carboxylic acids is 1. The minimum absolute atomic E-state index is 0.120. The summed E-state index contributed by atoms with van der Waals surface area (Å²) in [6.07, 6.45) is 2.48. The number of benzene rings is 1. The molecule has 0 saturated carbocycles. The Hall–Kier alpha value is -2.14. The molecule has 1 aromatic carbocycles. The van der Waals surface area contributed by atoms with Crippen LogP contribution < -0.4 is 5.32 Å². The number of amides is 1. The highest BCUT2D eigenvalue weighted by Gasteiger charge is 2.42. The summed E-state index contributed by atoms with van der Waals surface area (Å²) in [7, 11) is 2.07. The van der Waals surface area contributed by atoms with Crippen molar-refractivity contribution in [3.8, 4) is 11.3 Å². The van der Waals surface area contributed by atoms with Gasteiger partial charge in [-0.2, -0.15) is 0 Å². The van der Waals surface area contributed by atoms with Crippen LogP contribution in [0.15, 0.2) is 34.9 Å². The molecule has 3 rings (SSSR count). The van der Waals surface area contributed by atoms with Crippen molar-refractivity contribution >= 4 is 5.91 Å². The molecule has 1 atom stereocenters. The first-order valence-electron chi connectivity index (χ1n) is 9.02. The standard InChI is InChI=1S/C20H27N3O2/c1-4-21-19(24)20(10-5-11-23(3)14-20)13-17-12-18(22-25-17)16-8-6-15(2)7-9-16/h6-9,12H,4-5,10-11,13-14H2,1-3H3,(H,21,24). The predicted molar refractivity (Wildman–Crippen MR) is 98.2 cm³/mol. The van der Waals surface area contributed by atoms with Gasteiger partial charge in [0.05, 0.1) is 5.41 Å². The summed E-state index contributed by atoms with van der Waals surface area (Å²) < 4.78 is 5.59. The zero-order chi connectivity index (χ0) is 17.9. The van der Waals surface area contributed by atoms with Gasteiger partial charge in [-0.05, 0) is 40.3 Å². The summed E-state index contributed by atoms with van der Waals surface area (Å²) in [5, 5.41) is 7.23. The van der Waals surface area contributed by atoms with E-state index in [1.807, 2.05) is 25.1 Å². The number of aryl methyl sites for hydroxylation is 1. The molecule has 0 spiro atoms. The van der Waals surface area contributed by atoms with Gasteiger partial charge in [0.2, 0.25) is 5.91 Å². The van der Waals surface area contributed by atoms with E-state index in [2.05, 4.69) is 41.5 Å². The lowest BCUT2D eigenvalue weighted by molar-refractivity contribution is -0.134. The van der Waals surface area contributed by atoms with Crippen LogP contribution in [0, 0.1) is 12.3 Å². The Morgan fingerprint density at radius 2 is 2.12 bits per heavy atom. The lowest BCUT2D eigenvalue weighted by Crippen LogP contribution is -2.52. The largest absolute Gasteiger partial charge is 0.361 e. The number of likely N-dealkylation sites (tertiary alicyclic amines) is 1. The number of nitrogens with one attached hydrogen (secondary N) is 1. The number of piperidine rings is 1. The maximum absolute atomic E-state index is 12.8. The molecule has 1 fully saturated rings. The van der Waals surface area contributed by atoms with Gasteiger partial charge in [0.25, 0.3) is 0 Å². The molecule has 5 nitrogen and oxygen atoms in total. The van der Waals surface area contributed by atoms with Crippen molar-refractivity contribution in [2.75, 3.05) is 26.7 Å². The summed E-state index contributed by atoms with van der Waals surface area (Å²) in [6.45, 7) is 6.46. The first-order chi connectivity index (χ1) is 12.0. The molecule has 2 aromatic rings. The zero-order valence-corrected chi connectivity index (χ0v) is 15.3. The van der Waals surface area contributed by atoms with Gasteiger partial charge >= 0.3 is 0 Å². The van der Waals surface area contributed by atoms with Gasteiger partial charge < -0.3 is 14.7 Å². The normalized spacial score (nSPS) is 21.2. The van der Waals surface area contributed by atoms with E-state index in [4.69, 9.17) is 4.52 Å². The van der Waals surface area contributed by atoms with Crippen LogP contribution in [0.3, 0.4) is 0 Å². The smallest absolute Gasteiger partial charge is 0.227 e. The quantitative estimate of drug-likeness (QED) is 0.908. The number of hydrogen-bond donors (Lipinski definition) is 1. The van der Waals surface area contributed by atoms with Crippen LogP contribution >= 0.6 is 0 Å². The van der Waals surface area contributed by atoms with E-state index >= 15 is 0 Å². The lowest BCUT2D eigenvalue weighted by Gasteiger charge is -2.39. The highest BCUT2D eigenvalue weighted by Crippen LogP contribution is 2.34. The number of aromatic nitrogens is 1. The fraction of sp³-hybridized carbons (Fsp3) is 0.500. The molecule has 1 aromatic heterocycles. The van der Waals surface area contributed by atoms with Crippen molar-refractivity contribution in [3.05, 3.63) is 41.7 Å². The highest BCUT2D eigenvalue weighted by atomic mass is 16.5. The van der Waals surface area contributed by atoms with Gasteiger partial charge in [-0.3, -0.25) is 4.79 Å². The third-order valence-electron chi connectivity index (χ3n) is 5.01. The third-order valence-corrected chi connectivity index (χ3v) is 5.01. The second-order valence-electron chi connectivity index (χ2n) is 7.20. The van der Waals surface area contributed by atoms with Gasteiger partial charge in [-0.15, -0.1) is 0 Å². The molecule has 1 amide bonds. The molecular formula is C20H27N3O2. The molecular weight excluding hydrogens is 314 g/mol. The minimum atomic E-state index is -0.437. The van der Waals surface area contributed by atoms with Crippen molar-refractivity contribution in [1.29, 1.82) is 0 Å². The van der Waals surface area contributed by atoms with Gasteiger partial charge in [-0.25, -0.2) is 0 Å². The van der Waals surface area contributed by atoms with E-state index in [0.717, 1.165) is 42.9 Å². The molecule has 0 radical (unpaired) electrons. The Labute approximate surface area is 149 Å². The maximum Gasteiger partial charge on any atom is 0.227 e. The number of nitrogens with zero attached hydrogens (tertiary/aromatic N) is 2. The monoisotopic (exact) mass is 341 g/mol. The second-order valence-corrected chi connectivity index (χ2v) is 7.20. The Kier molecular flexibility index (Phi) is 5.23. The van der Waals surface area contributed by atoms with Crippen LogP contribution in [0.2, 0.25) is 0 Å². The van der Waals surface area contributed by atoms with Crippen LogP contribution in [-0.4, -0.2) is 42.6 Å². The highest BCUT2D eigenvalue weighted by molar-refractivity contribution is 5.83. The van der Waals surface area contributed by atoms with Crippen LogP contribution in [0.1, 0.15) is 31.1 Å². The summed E-state index contributed by atoms with van der Waals surface area (Å²) >= 11 is 0. The van der Waals surface area contributed by atoms with E-state index in [1.54, 1.807) is 0 Å². The third kappa shape index (κ3) is 3.93. The average molecular weight is 341 g/mol. The summed E-state index contributed by atoms with van der Waals surface area (Å²) in [5.41, 5.74) is 2.64. The molecule has 1 aliphatic rings. The minimum Gasteiger partial charge on any atom is -0.361 e. The molecule has 25 heavy (non-hydrogen) atoms. The van der Waals surface area contributed by atoms with E-state index in [-0.39, 0.29) is 5.91 Å². The summed E-state index contributed by atoms with van der Waals surface area (Å²) in [5.74, 6) is 0.895. The Morgan fingerprint density at radius 1 is 1.36 bits per heavy atom. The number of carbonyl (C=O) groups is 1. The Balaban J connectivity index is 1.82. The van der Waals surface area contributed by atoms with Gasteiger partial charge in [0.15, 0.2) is 0 Å². The van der Waals surface area contributed by atoms with E-state index in [0.29, 0.717) is 13.0 Å². The van der Waals surface area contributed by atoms with Crippen LogP contribution in [0.5, 0.6) is 0 Å². The van der Waals surface area contributed by atoms with Crippen molar-refractivity contribution < 1.29 is 9.32 Å². The number of rotatable bonds is 5. The molecule has 5 heteroatoms. The predicted octanol–water partition coefficient (Wildman–Crippen LogP) is 3.04. The molecule has 134 valence electrons. The zero-order valence-electron chi connectivity index (χ0n) is 15.3. The molecule has 1 aliphatic heterocycles. The van der Waals surface area contributed by atoms with E-state index < -0.39 is 5.41 Å². The fourth-order valence-corrected chi connectivity index (χ4v) is 3.71. The van der Waals surface area contributed by atoms with E-state index in [1.165, 1.54) is 5.56 Å². The Morgan fingerprint density at radius 3 is 2.80 bits per heavy atom. The Bertz CT molecular complexity index is 723. The molecule has 1 saturated heterocycles. The van der Waals surface area contributed by atoms with Crippen LogP contribution in [0.25, 0.3) is 11.3 Å². The van der Waals surface area contributed by atoms with Gasteiger partial charge in [0, 0.05) is 31.1 Å². The van der Waals surface area contributed by atoms with Crippen LogP contribution in [-0.2, 0) is 11.2 Å². The first kappa shape index (κ1) is 17.7. The van der Waals surface area contributed by atoms with Crippen molar-refractivity contribution in [2.45, 2.75) is 33.1 Å². The summed E-state index contributed by atoms with van der Waals surface area (Å²) in [4.78, 5) is 15.0. The van der Waals surface area contributed by atoms with Crippen molar-refractivity contribution in [2.24, 2.45) is 5.41 Å².